The van der Waals surface area contributed by atoms with Crippen molar-refractivity contribution in [3.05, 3.63) is 76.1 Å². The van der Waals surface area contributed by atoms with Crippen molar-refractivity contribution in [1.29, 1.82) is 0 Å². The van der Waals surface area contributed by atoms with E-state index in [2.05, 4.69) is 10.3 Å². The molecule has 8 heteroatoms. The number of esters is 1. The lowest BCUT2D eigenvalue weighted by Gasteiger charge is -2.14. The Morgan fingerprint density at radius 1 is 1.07 bits per heavy atom. The molecule has 0 unspecified atom stereocenters. The number of hydrogen-bond acceptors (Lipinski definition) is 5. The van der Waals surface area contributed by atoms with Crippen LogP contribution in [0.2, 0.25) is 0 Å². The lowest BCUT2D eigenvalue weighted by atomic mass is 10.1. The molecule has 0 bridgehead atoms. The van der Waals surface area contributed by atoms with E-state index in [0.29, 0.717) is 22.2 Å². The Kier molecular flexibility index (Phi) is 5.21. The van der Waals surface area contributed by atoms with Crippen LogP contribution in [0.1, 0.15) is 27.6 Å². The van der Waals surface area contributed by atoms with Crippen LogP contribution in [0.3, 0.4) is 0 Å². The first-order chi connectivity index (χ1) is 13.3. The van der Waals surface area contributed by atoms with Gasteiger partial charge in [0.1, 0.15) is 0 Å². The molecule has 0 spiro atoms. The molecule has 0 aliphatic rings. The van der Waals surface area contributed by atoms with Gasteiger partial charge in [-0.15, -0.1) is 0 Å². The number of fused-ring (bicyclic) bond motifs is 1. The molecule has 0 aliphatic heterocycles. The molecule has 0 fully saturated rings. The van der Waals surface area contributed by atoms with Gasteiger partial charge < -0.3 is 20.8 Å². The highest BCUT2D eigenvalue weighted by Gasteiger charge is 2.21. The van der Waals surface area contributed by atoms with Crippen LogP contribution < -0.4 is 16.6 Å². The molecule has 1 aromatic heterocycles. The normalized spacial score (nSPS) is 11.6. The second-order valence-corrected chi connectivity index (χ2v) is 6.07. The highest BCUT2D eigenvalue weighted by atomic mass is 16.5. The number of pyridine rings is 1. The maximum atomic E-state index is 12.5. The summed E-state index contributed by atoms with van der Waals surface area (Å²) in [6.07, 6.45) is -1.11. The summed E-state index contributed by atoms with van der Waals surface area (Å²) in [5.74, 6) is -1.92. The molecule has 0 saturated carbocycles. The fourth-order valence-electron chi connectivity index (χ4n) is 2.61. The third-order valence-corrected chi connectivity index (χ3v) is 4.06. The molecule has 1 heterocycles. The minimum Gasteiger partial charge on any atom is -0.449 e. The zero-order valence-corrected chi connectivity index (χ0v) is 14.9. The van der Waals surface area contributed by atoms with E-state index in [1.54, 1.807) is 24.3 Å². The first-order valence-electron chi connectivity index (χ1n) is 8.39. The molecule has 0 saturated heterocycles. The van der Waals surface area contributed by atoms with Crippen molar-refractivity contribution in [2.24, 2.45) is 5.73 Å². The van der Waals surface area contributed by atoms with Gasteiger partial charge in [0.2, 0.25) is 11.5 Å². The van der Waals surface area contributed by atoms with Gasteiger partial charge in [0.05, 0.1) is 5.56 Å². The molecule has 28 heavy (non-hydrogen) atoms. The molecule has 0 aliphatic carbocycles. The number of nitrogens with one attached hydrogen (secondary N) is 2. The minimum absolute atomic E-state index is 0.0739. The number of benzene rings is 2. The number of carbonyl (C=O) groups is 3. The third kappa shape index (κ3) is 4.07. The smallest absolute Gasteiger partial charge is 0.339 e. The van der Waals surface area contributed by atoms with Crippen LogP contribution in [0.5, 0.6) is 0 Å². The fourth-order valence-corrected chi connectivity index (χ4v) is 2.61. The molecule has 1 atom stereocenters. The summed E-state index contributed by atoms with van der Waals surface area (Å²) in [5.41, 5.74) is 6.01. The van der Waals surface area contributed by atoms with Crippen molar-refractivity contribution in [3.63, 3.8) is 0 Å². The fraction of sp³-hybridized carbons (Fsp3) is 0.100. The number of anilines is 1. The molecule has 8 nitrogen and oxygen atoms in total. The highest BCUT2D eigenvalue weighted by Crippen LogP contribution is 2.17. The van der Waals surface area contributed by atoms with E-state index in [4.69, 9.17) is 10.5 Å². The number of aromatic nitrogens is 1. The molecule has 3 rings (SSSR count). The Bertz CT molecular complexity index is 1120. The zero-order valence-electron chi connectivity index (χ0n) is 14.9. The highest BCUT2D eigenvalue weighted by molar-refractivity contribution is 6.04. The summed E-state index contributed by atoms with van der Waals surface area (Å²) in [6.45, 7) is 1.42. The van der Waals surface area contributed by atoms with Gasteiger partial charge >= 0.3 is 5.97 Å². The minimum atomic E-state index is -1.11. The first-order valence-corrected chi connectivity index (χ1v) is 8.39. The Labute approximate surface area is 159 Å². The lowest BCUT2D eigenvalue weighted by molar-refractivity contribution is -0.123. The molecule has 3 aromatic rings. The van der Waals surface area contributed by atoms with E-state index in [1.165, 1.54) is 31.2 Å². The first kappa shape index (κ1) is 18.8. The van der Waals surface area contributed by atoms with Gasteiger partial charge in [0, 0.05) is 28.2 Å². The Balaban J connectivity index is 1.73. The average molecular weight is 379 g/mol. The number of hydrogen-bond donors (Lipinski definition) is 3. The number of H-pyrrole nitrogens is 1. The van der Waals surface area contributed by atoms with Gasteiger partial charge in [-0.25, -0.2) is 4.79 Å². The maximum Gasteiger partial charge on any atom is 0.339 e. The van der Waals surface area contributed by atoms with Gasteiger partial charge in [0.25, 0.3) is 5.91 Å². The Morgan fingerprint density at radius 3 is 2.43 bits per heavy atom. The van der Waals surface area contributed by atoms with Gasteiger partial charge in [0.15, 0.2) is 6.10 Å². The Hall–Kier alpha value is -3.94. The van der Waals surface area contributed by atoms with Crippen molar-refractivity contribution in [2.75, 3.05) is 5.32 Å². The molecule has 142 valence electrons. The third-order valence-electron chi connectivity index (χ3n) is 4.06. The van der Waals surface area contributed by atoms with E-state index in [9.17, 15) is 19.2 Å². The quantitative estimate of drug-likeness (QED) is 0.582. The summed E-state index contributed by atoms with van der Waals surface area (Å²) >= 11 is 0. The predicted molar refractivity (Wildman–Crippen MR) is 103 cm³/mol. The number of rotatable bonds is 5. The largest absolute Gasteiger partial charge is 0.449 e. The van der Waals surface area contributed by atoms with E-state index in [0.717, 1.165) is 6.07 Å². The second kappa shape index (κ2) is 7.75. The van der Waals surface area contributed by atoms with Crippen LogP contribution in [-0.4, -0.2) is 28.9 Å². The summed E-state index contributed by atoms with van der Waals surface area (Å²) in [5, 5.41) is 3.09. The van der Waals surface area contributed by atoms with Crippen LogP contribution >= 0.6 is 0 Å². The number of para-hydroxylation sites is 1. The average Bonchev–Trinajstić information content (AvgIpc) is 2.67. The van der Waals surface area contributed by atoms with Crippen molar-refractivity contribution in [2.45, 2.75) is 13.0 Å². The van der Waals surface area contributed by atoms with Crippen LogP contribution in [0.4, 0.5) is 5.69 Å². The number of nitrogens with two attached hydrogens (primary N) is 1. The van der Waals surface area contributed by atoms with Gasteiger partial charge in [-0.3, -0.25) is 14.4 Å². The topological polar surface area (TPSA) is 131 Å². The molecular weight excluding hydrogens is 362 g/mol. The predicted octanol–water partition coefficient (Wildman–Crippen LogP) is 1.81. The maximum absolute atomic E-state index is 12.5. The van der Waals surface area contributed by atoms with Crippen molar-refractivity contribution in [3.8, 4) is 0 Å². The number of aromatic amines is 1. The summed E-state index contributed by atoms with van der Waals surface area (Å²) in [4.78, 5) is 50.2. The van der Waals surface area contributed by atoms with E-state index >= 15 is 0 Å². The number of ether oxygens (including phenoxy) is 1. The van der Waals surface area contributed by atoms with Crippen molar-refractivity contribution < 1.29 is 19.1 Å². The van der Waals surface area contributed by atoms with Gasteiger partial charge in [-0.2, -0.15) is 0 Å². The second-order valence-electron chi connectivity index (χ2n) is 6.07. The van der Waals surface area contributed by atoms with Crippen molar-refractivity contribution in [1.82, 2.24) is 4.98 Å². The van der Waals surface area contributed by atoms with Crippen molar-refractivity contribution >= 4 is 34.4 Å². The Morgan fingerprint density at radius 2 is 1.75 bits per heavy atom. The number of amides is 2. The van der Waals surface area contributed by atoms with E-state index in [-0.39, 0.29) is 5.56 Å². The molecular formula is C20H17N3O5. The number of primary amides is 1. The summed E-state index contributed by atoms with van der Waals surface area (Å²) in [7, 11) is 0. The summed E-state index contributed by atoms with van der Waals surface area (Å²) in [6, 6.07) is 13.9. The number of carbonyl (C=O) groups excluding carboxylic acids is 3. The molecule has 2 aromatic carbocycles. The van der Waals surface area contributed by atoms with Gasteiger partial charge in [-0.1, -0.05) is 18.2 Å². The van der Waals surface area contributed by atoms with E-state index in [1.807, 2.05) is 0 Å². The standard InChI is InChI=1S/C20H17N3O5/c1-11(19(26)22-13-8-6-12(7-9-13)18(21)25)28-20(27)15-10-17(24)23-16-5-3-2-4-14(15)16/h2-11H,1H3,(H2,21,25)(H,22,26)(H,23,24)/t11-/m0/s1. The van der Waals surface area contributed by atoms with Crippen LogP contribution in [0, 0.1) is 0 Å². The summed E-state index contributed by atoms with van der Waals surface area (Å²) < 4.78 is 5.22. The van der Waals surface area contributed by atoms with Gasteiger partial charge in [-0.05, 0) is 37.3 Å². The van der Waals surface area contributed by atoms with Crippen LogP contribution in [0.15, 0.2) is 59.4 Å². The monoisotopic (exact) mass is 379 g/mol. The molecule has 0 radical (unpaired) electrons. The van der Waals surface area contributed by atoms with E-state index < -0.39 is 29.4 Å². The lowest BCUT2D eigenvalue weighted by Crippen LogP contribution is -2.30. The van der Waals surface area contributed by atoms with Crippen LogP contribution in [0.25, 0.3) is 10.9 Å². The molecule has 2 amide bonds. The molecule has 4 N–H and O–H groups in total. The SMILES string of the molecule is C[C@H](OC(=O)c1cc(=O)[nH]c2ccccc12)C(=O)Nc1ccc(C(N)=O)cc1. The zero-order chi connectivity index (χ0) is 20.3. The van der Waals surface area contributed by atoms with Crippen LogP contribution in [-0.2, 0) is 9.53 Å².